The third-order valence-electron chi connectivity index (χ3n) is 3.20. The zero-order valence-electron chi connectivity index (χ0n) is 10.9. The number of nitrogens with zero attached hydrogens (tertiary/aromatic N) is 2. The van der Waals surface area contributed by atoms with E-state index in [1.165, 1.54) is 4.40 Å². The van der Waals surface area contributed by atoms with E-state index in [9.17, 15) is 13.2 Å². The molecule has 0 radical (unpaired) electrons. The molecule has 0 atom stereocenters. The van der Waals surface area contributed by atoms with Gasteiger partial charge in [0, 0.05) is 23.9 Å². The highest BCUT2D eigenvalue weighted by atomic mass is 19.4. The molecule has 3 rings (SSSR count). The van der Waals surface area contributed by atoms with Gasteiger partial charge in [0.1, 0.15) is 5.65 Å². The van der Waals surface area contributed by atoms with Crippen molar-refractivity contribution in [3.8, 4) is 0 Å². The first-order valence-electron chi connectivity index (χ1n) is 6.34. The van der Waals surface area contributed by atoms with Crippen molar-refractivity contribution in [1.82, 2.24) is 9.38 Å². The number of allylic oxidation sites excluding steroid dienone is 5. The van der Waals surface area contributed by atoms with Crippen molar-refractivity contribution in [1.29, 1.82) is 0 Å². The molecule has 1 aliphatic rings. The van der Waals surface area contributed by atoms with Crippen molar-refractivity contribution < 1.29 is 13.2 Å². The van der Waals surface area contributed by atoms with Gasteiger partial charge in [-0.3, -0.25) is 4.40 Å². The second kappa shape index (κ2) is 4.80. The van der Waals surface area contributed by atoms with Gasteiger partial charge in [-0.1, -0.05) is 24.3 Å². The van der Waals surface area contributed by atoms with Gasteiger partial charge >= 0.3 is 6.18 Å². The Hall–Kier alpha value is -2.50. The normalized spacial score (nSPS) is 15.8. The summed E-state index contributed by atoms with van der Waals surface area (Å²) in [6.07, 6.45) is 4.16. The zero-order valence-corrected chi connectivity index (χ0v) is 10.9. The van der Waals surface area contributed by atoms with Gasteiger partial charge in [0.15, 0.2) is 5.69 Å². The van der Waals surface area contributed by atoms with Crippen molar-refractivity contribution in [2.45, 2.75) is 12.6 Å². The largest absolute Gasteiger partial charge is 0.435 e. The summed E-state index contributed by atoms with van der Waals surface area (Å²) < 4.78 is 41.2. The first-order chi connectivity index (χ1) is 9.97. The fraction of sp³-hybridized carbons (Fsp3) is 0.133. The molecule has 21 heavy (non-hydrogen) atoms. The van der Waals surface area contributed by atoms with E-state index in [1.807, 2.05) is 0 Å². The van der Waals surface area contributed by atoms with E-state index in [-0.39, 0.29) is 11.3 Å². The molecule has 108 valence electrons. The molecule has 6 heteroatoms. The van der Waals surface area contributed by atoms with Crippen LogP contribution in [0.4, 0.5) is 13.2 Å². The number of hydrogen-bond acceptors (Lipinski definition) is 2. The van der Waals surface area contributed by atoms with Crippen LogP contribution in [0.2, 0.25) is 0 Å². The average molecular weight is 291 g/mol. The minimum absolute atomic E-state index is 0.0281. The number of nitrogens with two attached hydrogens (primary N) is 1. The molecule has 2 aromatic heterocycles. The molecule has 2 N–H and O–H groups in total. The number of hydrogen-bond donors (Lipinski definition) is 1. The Bertz CT molecular complexity index is 779. The van der Waals surface area contributed by atoms with Crippen LogP contribution in [0, 0.1) is 0 Å². The van der Waals surface area contributed by atoms with Crippen molar-refractivity contribution in [2.24, 2.45) is 5.73 Å². The lowest BCUT2D eigenvalue weighted by molar-refractivity contribution is -0.141. The smallest absolute Gasteiger partial charge is 0.402 e. The van der Waals surface area contributed by atoms with Crippen LogP contribution in [-0.4, -0.2) is 9.38 Å². The van der Waals surface area contributed by atoms with Gasteiger partial charge in [-0.25, -0.2) is 4.98 Å². The molecular formula is C15H12F3N3. The minimum Gasteiger partial charge on any atom is -0.402 e. The minimum atomic E-state index is -4.52. The Morgan fingerprint density at radius 3 is 2.76 bits per heavy atom. The fourth-order valence-electron chi connectivity index (χ4n) is 2.27. The van der Waals surface area contributed by atoms with Crippen LogP contribution in [-0.2, 0) is 6.18 Å². The van der Waals surface area contributed by atoms with E-state index < -0.39 is 11.9 Å². The molecular weight excluding hydrogens is 279 g/mol. The molecule has 3 nitrogen and oxygen atoms in total. The van der Waals surface area contributed by atoms with E-state index in [1.54, 1.807) is 48.7 Å². The lowest BCUT2D eigenvalue weighted by Gasteiger charge is -2.08. The zero-order chi connectivity index (χ0) is 15.0. The highest BCUT2D eigenvalue weighted by Gasteiger charge is 2.38. The van der Waals surface area contributed by atoms with E-state index >= 15 is 0 Å². The van der Waals surface area contributed by atoms with Crippen molar-refractivity contribution in [3.05, 3.63) is 65.8 Å². The Morgan fingerprint density at radius 2 is 2.00 bits per heavy atom. The molecule has 0 saturated heterocycles. The van der Waals surface area contributed by atoms with Crippen molar-refractivity contribution in [2.75, 3.05) is 0 Å². The maximum Gasteiger partial charge on any atom is 0.435 e. The van der Waals surface area contributed by atoms with E-state index in [0.29, 0.717) is 17.7 Å². The number of imidazole rings is 1. The molecule has 0 aliphatic heterocycles. The Balaban J connectivity index is 2.30. The second-order valence-corrected chi connectivity index (χ2v) is 4.71. The molecule has 2 heterocycles. The van der Waals surface area contributed by atoms with Gasteiger partial charge in [0.2, 0.25) is 0 Å². The summed E-state index contributed by atoms with van der Waals surface area (Å²) in [7, 11) is 0. The SMILES string of the molecule is NC1=CC=C(c2c(C(F)(F)F)nc3ccccn23)C=CC1. The number of alkyl halides is 3. The molecule has 0 fully saturated rings. The topological polar surface area (TPSA) is 43.3 Å². The summed E-state index contributed by atoms with van der Waals surface area (Å²) in [5.74, 6) is 0. The van der Waals surface area contributed by atoms with Crippen LogP contribution in [0.5, 0.6) is 0 Å². The molecule has 2 aromatic rings. The predicted octanol–water partition coefficient (Wildman–Crippen LogP) is 3.54. The first kappa shape index (κ1) is 13.5. The molecule has 0 aromatic carbocycles. The molecule has 0 spiro atoms. The van der Waals surface area contributed by atoms with Gasteiger partial charge in [-0.2, -0.15) is 13.2 Å². The van der Waals surface area contributed by atoms with Gasteiger partial charge < -0.3 is 5.73 Å². The number of fused-ring (bicyclic) bond motifs is 1. The monoisotopic (exact) mass is 291 g/mol. The Kier molecular flexibility index (Phi) is 3.08. The van der Waals surface area contributed by atoms with E-state index in [0.717, 1.165) is 0 Å². The van der Waals surface area contributed by atoms with Gasteiger partial charge in [0.05, 0.1) is 5.69 Å². The second-order valence-electron chi connectivity index (χ2n) is 4.71. The van der Waals surface area contributed by atoms with Crippen LogP contribution in [0.25, 0.3) is 11.2 Å². The van der Waals surface area contributed by atoms with Crippen LogP contribution in [0.1, 0.15) is 17.8 Å². The Morgan fingerprint density at radius 1 is 1.19 bits per heavy atom. The fourth-order valence-corrected chi connectivity index (χ4v) is 2.27. The maximum atomic E-state index is 13.3. The first-order valence-corrected chi connectivity index (χ1v) is 6.34. The van der Waals surface area contributed by atoms with Crippen molar-refractivity contribution in [3.63, 3.8) is 0 Å². The third kappa shape index (κ3) is 2.44. The highest BCUT2D eigenvalue weighted by Crippen LogP contribution is 2.36. The van der Waals surface area contributed by atoms with Crippen LogP contribution in [0.15, 0.2) is 54.4 Å². The predicted molar refractivity (Wildman–Crippen MR) is 74.2 cm³/mol. The molecule has 0 saturated carbocycles. The summed E-state index contributed by atoms with van der Waals surface area (Å²) in [6.45, 7) is 0. The van der Waals surface area contributed by atoms with E-state index in [4.69, 9.17) is 5.73 Å². The lowest BCUT2D eigenvalue weighted by atomic mass is 10.1. The molecule has 0 unspecified atom stereocenters. The Labute approximate surface area is 118 Å². The maximum absolute atomic E-state index is 13.3. The number of rotatable bonds is 1. The number of halogens is 3. The quantitative estimate of drug-likeness (QED) is 0.873. The van der Waals surface area contributed by atoms with Crippen LogP contribution >= 0.6 is 0 Å². The third-order valence-corrected chi connectivity index (χ3v) is 3.20. The van der Waals surface area contributed by atoms with Crippen molar-refractivity contribution >= 4 is 11.2 Å². The molecule has 0 bridgehead atoms. The van der Waals surface area contributed by atoms with E-state index in [2.05, 4.69) is 4.98 Å². The molecule has 1 aliphatic carbocycles. The summed E-state index contributed by atoms with van der Waals surface area (Å²) in [5, 5.41) is 0. The highest BCUT2D eigenvalue weighted by molar-refractivity contribution is 5.77. The van der Waals surface area contributed by atoms with Crippen LogP contribution < -0.4 is 5.73 Å². The number of pyridine rings is 1. The summed E-state index contributed by atoms with van der Waals surface area (Å²) in [5.41, 5.74) is 6.14. The standard InChI is InChI=1S/C15H12F3N3/c16-15(17,18)14-13(10-4-3-5-11(19)8-7-10)21-9-2-1-6-12(21)20-14/h1-4,6-9H,5,19H2. The lowest BCUT2D eigenvalue weighted by Crippen LogP contribution is -2.09. The summed E-state index contributed by atoms with van der Waals surface area (Å²) in [4.78, 5) is 3.72. The number of aromatic nitrogens is 2. The van der Waals surface area contributed by atoms with Gasteiger partial charge in [-0.15, -0.1) is 0 Å². The van der Waals surface area contributed by atoms with Gasteiger partial charge in [0.25, 0.3) is 0 Å². The summed E-state index contributed by atoms with van der Waals surface area (Å²) in [6, 6.07) is 4.87. The van der Waals surface area contributed by atoms with Crippen LogP contribution in [0.3, 0.4) is 0 Å². The average Bonchev–Trinajstić information content (AvgIpc) is 2.70. The molecule has 0 amide bonds. The van der Waals surface area contributed by atoms with Gasteiger partial charge in [-0.05, 0) is 18.2 Å². The summed E-state index contributed by atoms with van der Waals surface area (Å²) >= 11 is 0.